The number of aliphatic hydroxyl groups excluding tert-OH is 1. The number of anilines is 3. The molecule has 5 atom stereocenters. The maximum absolute atomic E-state index is 16.7. The number of aromatic nitrogens is 3. The van der Waals surface area contributed by atoms with E-state index in [9.17, 15) is 20.0 Å². The van der Waals surface area contributed by atoms with E-state index in [1.165, 1.54) is 12.1 Å². The van der Waals surface area contributed by atoms with Gasteiger partial charge in [0.1, 0.15) is 5.54 Å². The first-order valence-electron chi connectivity index (χ1n) is 21.3. The van der Waals surface area contributed by atoms with Gasteiger partial charge < -0.3 is 29.1 Å². The molecule has 3 fully saturated rings. The Labute approximate surface area is 360 Å². The van der Waals surface area contributed by atoms with E-state index < -0.39 is 47.9 Å². The summed E-state index contributed by atoms with van der Waals surface area (Å²) in [6.07, 6.45) is 2.69. The lowest BCUT2D eigenvalue weighted by atomic mass is 9.82. The number of para-hydroxylation sites is 1. The molecule has 62 heavy (non-hydrogen) atoms. The van der Waals surface area contributed by atoms with Crippen LogP contribution in [0.1, 0.15) is 54.5 Å². The van der Waals surface area contributed by atoms with Crippen LogP contribution in [0.15, 0.2) is 109 Å². The molecule has 16 heteroatoms. The minimum Gasteiger partial charge on any atom is -0.395 e. The lowest BCUT2D eigenvalue weighted by Crippen LogP contribution is -2.55. The van der Waals surface area contributed by atoms with Crippen molar-refractivity contribution in [2.24, 2.45) is 5.92 Å². The fraction of sp³-hybridized carbons (Fsp3) is 0.391. The van der Waals surface area contributed by atoms with E-state index in [-0.39, 0.29) is 30.7 Å². The zero-order valence-corrected chi connectivity index (χ0v) is 36.1. The first-order chi connectivity index (χ1) is 29.9. The molecule has 0 saturated carbocycles. The predicted molar refractivity (Wildman–Crippen MR) is 235 cm³/mol. The smallest absolute Gasteiger partial charge is 0.269 e. The molecule has 2 amide bonds. The van der Waals surface area contributed by atoms with E-state index >= 15 is 8.90 Å². The summed E-state index contributed by atoms with van der Waals surface area (Å²) in [6, 6.07) is 31.5. The Balaban J connectivity index is 1.01. The van der Waals surface area contributed by atoms with Crippen molar-refractivity contribution in [2.45, 2.75) is 81.1 Å². The van der Waals surface area contributed by atoms with Crippen molar-refractivity contribution in [1.29, 1.82) is 0 Å². The number of piperidine rings is 1. The van der Waals surface area contributed by atoms with E-state index in [0.29, 0.717) is 55.1 Å². The van der Waals surface area contributed by atoms with Crippen molar-refractivity contribution in [2.75, 3.05) is 41.1 Å². The van der Waals surface area contributed by atoms with Crippen LogP contribution < -0.4 is 20.0 Å². The molecule has 4 aromatic carbocycles. The molecular weight excluding hydrogens is 808 g/mol. The Morgan fingerprint density at radius 2 is 1.68 bits per heavy atom. The van der Waals surface area contributed by atoms with Gasteiger partial charge in [-0.15, -0.1) is 5.10 Å². The van der Waals surface area contributed by atoms with Crippen LogP contribution >= 0.6 is 0 Å². The molecule has 0 radical (unpaired) electrons. The number of aliphatic hydroxyl groups is 1. The molecule has 0 aliphatic carbocycles. The standard InChI is InChI=1S/C46H51FN8O6Si/c1-31-42(62(2,3)47)41(19-24-51-28-39(49-50-51)37(29-56)33-12-6-4-7-13-33)61-46(31)38-26-36(55(59)60)17-18-40(38)52(44(46)58)27-32-11-10-16-35(25-32)53-30-54(34-14-8-5-9-15-34)45(43(53)57)20-22-48-23-21-45/h4-18,25-26,28,31,37,41-42,48,56H,19-24,27,29-30H2,1-3H3/t31-,37?,41+,42-,46+/m0/s1. The monoisotopic (exact) mass is 858 g/mol. The van der Waals surface area contributed by atoms with Crippen molar-refractivity contribution >= 4 is 43.0 Å². The summed E-state index contributed by atoms with van der Waals surface area (Å²) in [5, 5.41) is 34.5. The Bertz CT molecular complexity index is 2480. The highest BCUT2D eigenvalue weighted by Gasteiger charge is 2.67. The number of rotatable bonds is 12. The summed E-state index contributed by atoms with van der Waals surface area (Å²) in [7, 11) is -3.56. The number of carbonyl (C=O) groups excluding carboxylic acids is 2. The molecule has 5 heterocycles. The molecule has 1 unspecified atom stereocenters. The first-order valence-corrected chi connectivity index (χ1v) is 24.3. The molecule has 0 bridgehead atoms. The van der Waals surface area contributed by atoms with Gasteiger partial charge >= 0.3 is 0 Å². The van der Waals surface area contributed by atoms with Gasteiger partial charge in [-0.25, -0.2) is 0 Å². The number of nitrogens with one attached hydrogen (secondary N) is 1. The lowest BCUT2D eigenvalue weighted by molar-refractivity contribution is -0.385. The minimum atomic E-state index is -3.56. The maximum atomic E-state index is 16.7. The molecule has 9 rings (SSSR count). The summed E-state index contributed by atoms with van der Waals surface area (Å²) in [4.78, 5) is 47.0. The van der Waals surface area contributed by atoms with E-state index in [2.05, 4.69) is 20.5 Å². The van der Waals surface area contributed by atoms with Gasteiger partial charge in [0.05, 0.1) is 48.1 Å². The van der Waals surface area contributed by atoms with Gasteiger partial charge in [0.15, 0.2) is 5.60 Å². The molecule has 14 nitrogen and oxygen atoms in total. The van der Waals surface area contributed by atoms with Gasteiger partial charge in [0.2, 0.25) is 8.41 Å². The number of carbonyl (C=O) groups is 2. The van der Waals surface area contributed by atoms with Gasteiger partial charge in [-0.3, -0.25) is 29.3 Å². The number of nitro benzene ring substituents is 1. The zero-order valence-electron chi connectivity index (χ0n) is 35.1. The topological polar surface area (TPSA) is 159 Å². The molecule has 322 valence electrons. The first kappa shape index (κ1) is 41.5. The summed E-state index contributed by atoms with van der Waals surface area (Å²) in [5.74, 6) is -1.42. The molecular formula is C46H51FN8O6Si. The van der Waals surface area contributed by atoms with Crippen LogP contribution in [0.2, 0.25) is 18.6 Å². The number of nitro groups is 1. The van der Waals surface area contributed by atoms with Crippen LogP contribution in [0.4, 0.5) is 26.9 Å². The molecule has 1 aromatic heterocycles. The number of hydrogen-bond acceptors (Lipinski definition) is 10. The number of fused-ring (bicyclic) bond motifs is 2. The summed E-state index contributed by atoms with van der Waals surface area (Å²) < 4.78 is 25.2. The lowest BCUT2D eigenvalue weighted by Gasteiger charge is -2.39. The van der Waals surface area contributed by atoms with E-state index in [1.54, 1.807) is 34.9 Å². The molecule has 4 aliphatic heterocycles. The summed E-state index contributed by atoms with van der Waals surface area (Å²) in [6.45, 7) is 7.12. The third-order valence-electron chi connectivity index (χ3n) is 13.6. The number of halogens is 1. The highest BCUT2D eigenvalue weighted by molar-refractivity contribution is 6.72. The molecule has 4 aliphatic rings. The average Bonchev–Trinajstić information content (AvgIpc) is 4.00. The van der Waals surface area contributed by atoms with Crippen molar-refractivity contribution in [1.82, 2.24) is 20.3 Å². The van der Waals surface area contributed by atoms with Crippen LogP contribution in [0, 0.1) is 16.0 Å². The Morgan fingerprint density at radius 1 is 0.968 bits per heavy atom. The number of aryl methyl sites for hydroxylation is 1. The number of amides is 2. The highest BCUT2D eigenvalue weighted by Crippen LogP contribution is 2.61. The second-order valence-electron chi connectivity index (χ2n) is 17.6. The highest BCUT2D eigenvalue weighted by atomic mass is 28.4. The number of hydrogen-bond donors (Lipinski definition) is 2. The fourth-order valence-corrected chi connectivity index (χ4v) is 13.2. The maximum Gasteiger partial charge on any atom is 0.269 e. The van der Waals surface area contributed by atoms with Crippen molar-refractivity contribution in [3.05, 3.63) is 142 Å². The van der Waals surface area contributed by atoms with Crippen LogP contribution in [-0.2, 0) is 33.0 Å². The second kappa shape index (κ2) is 16.1. The normalized spacial score (nSPS) is 23.8. The van der Waals surface area contributed by atoms with Gasteiger partial charge in [-0.05, 0) is 86.9 Å². The van der Waals surface area contributed by atoms with Crippen LogP contribution in [0.5, 0.6) is 0 Å². The number of ether oxygens (including phenoxy) is 1. The van der Waals surface area contributed by atoms with Crippen LogP contribution in [-0.4, -0.2) is 83.3 Å². The van der Waals surface area contributed by atoms with Gasteiger partial charge in [-0.1, -0.05) is 72.8 Å². The number of non-ortho nitro benzene ring substituents is 1. The summed E-state index contributed by atoms with van der Waals surface area (Å²) >= 11 is 0. The minimum absolute atomic E-state index is 0.0312. The second-order valence-corrected chi connectivity index (χ2v) is 21.3. The van der Waals surface area contributed by atoms with Gasteiger partial charge in [0, 0.05) is 53.3 Å². The summed E-state index contributed by atoms with van der Waals surface area (Å²) in [5.41, 5.74) is 1.53. The molecule has 5 aromatic rings. The van der Waals surface area contributed by atoms with Crippen molar-refractivity contribution in [3.63, 3.8) is 0 Å². The molecule has 3 saturated heterocycles. The quantitative estimate of drug-likeness (QED) is 0.0602. The number of nitrogens with zero attached hydrogens (tertiary/aromatic N) is 7. The van der Waals surface area contributed by atoms with E-state index in [4.69, 9.17) is 4.74 Å². The largest absolute Gasteiger partial charge is 0.395 e. The van der Waals surface area contributed by atoms with Crippen molar-refractivity contribution in [3.8, 4) is 0 Å². The van der Waals surface area contributed by atoms with Crippen molar-refractivity contribution < 1.29 is 28.5 Å². The number of benzene rings is 4. The Hall–Kier alpha value is -5.81. The fourth-order valence-electron chi connectivity index (χ4n) is 10.6. The Morgan fingerprint density at radius 3 is 2.37 bits per heavy atom. The van der Waals surface area contributed by atoms with E-state index in [1.807, 2.05) is 96.8 Å². The predicted octanol–water partition coefficient (Wildman–Crippen LogP) is 6.66. The third-order valence-corrected chi connectivity index (χ3v) is 16.1. The third kappa shape index (κ3) is 6.98. The van der Waals surface area contributed by atoms with Gasteiger partial charge in [-0.2, -0.15) is 0 Å². The van der Waals surface area contributed by atoms with Crippen LogP contribution in [0.3, 0.4) is 0 Å². The van der Waals surface area contributed by atoms with E-state index in [0.717, 1.165) is 29.9 Å². The van der Waals surface area contributed by atoms with Gasteiger partial charge in [0.25, 0.3) is 17.5 Å². The Kier molecular flexibility index (Phi) is 10.8. The SMILES string of the molecule is C[C@H]1[C@H]([Si](C)(C)F)[C@@H](CCn2cc(C(CO)c3ccccc3)nn2)O[C@]12C(=O)N(Cc1cccc(N3CN(c4ccccc4)C4(CCNCC4)C3=O)c1)c1ccc([N+](=O)[O-])cc12. The molecule has 2 N–H and O–H groups in total. The van der Waals surface area contributed by atoms with Crippen LogP contribution in [0.25, 0.3) is 0 Å². The zero-order chi connectivity index (χ0) is 43.4. The average molecular weight is 859 g/mol. The molecule has 2 spiro atoms.